The molecule has 0 saturated heterocycles. The summed E-state index contributed by atoms with van der Waals surface area (Å²) in [5.74, 6) is 0.127. The number of ether oxygens (including phenoxy) is 1. The minimum Gasteiger partial charge on any atom is -0.494 e. The summed E-state index contributed by atoms with van der Waals surface area (Å²) in [7, 11) is 0. The number of unbranched alkanes of at least 4 members (excludes halogenated alkanes) is 2. The Hall–Kier alpha value is -3.93. The molecule has 0 unspecified atom stereocenters. The largest absolute Gasteiger partial charge is 0.494 e. The van der Waals surface area contributed by atoms with Crippen LogP contribution in [0, 0.1) is 6.92 Å². The van der Waals surface area contributed by atoms with Crippen molar-refractivity contribution in [3.05, 3.63) is 95.1 Å². The molecule has 3 aromatic carbocycles. The van der Waals surface area contributed by atoms with Gasteiger partial charge < -0.3 is 10.1 Å². The second kappa shape index (κ2) is 12.2. The lowest BCUT2D eigenvalue weighted by atomic mass is 10.1. The minimum absolute atomic E-state index is 0.270. The van der Waals surface area contributed by atoms with Gasteiger partial charge in [0.25, 0.3) is 11.8 Å². The van der Waals surface area contributed by atoms with Crippen LogP contribution in [-0.4, -0.2) is 24.6 Å². The van der Waals surface area contributed by atoms with Gasteiger partial charge in [0.05, 0.1) is 24.1 Å². The molecule has 2 amide bonds. The van der Waals surface area contributed by atoms with E-state index in [2.05, 4.69) is 22.8 Å². The van der Waals surface area contributed by atoms with E-state index in [9.17, 15) is 9.59 Å². The number of nitrogens with one attached hydrogen (secondary N) is 2. The van der Waals surface area contributed by atoms with Crippen molar-refractivity contribution in [2.45, 2.75) is 33.1 Å². The van der Waals surface area contributed by atoms with Gasteiger partial charge in [-0.05, 0) is 66.9 Å². The van der Waals surface area contributed by atoms with Crippen LogP contribution in [0.5, 0.6) is 5.75 Å². The van der Waals surface area contributed by atoms with Crippen molar-refractivity contribution >= 4 is 23.7 Å². The predicted octanol–water partition coefficient (Wildman–Crippen LogP) is 5.58. The lowest BCUT2D eigenvalue weighted by Gasteiger charge is -2.11. The highest BCUT2D eigenvalue weighted by Gasteiger charge is 2.14. The quantitative estimate of drug-likeness (QED) is 0.244. The van der Waals surface area contributed by atoms with Gasteiger partial charge in [-0.1, -0.05) is 50.1 Å². The van der Waals surface area contributed by atoms with Crippen molar-refractivity contribution in [3.63, 3.8) is 0 Å². The molecule has 0 aromatic heterocycles. The number of aryl methyl sites for hydroxylation is 1. The number of anilines is 1. The lowest BCUT2D eigenvalue weighted by Crippen LogP contribution is -2.21. The van der Waals surface area contributed by atoms with Gasteiger partial charge in [-0.15, -0.1) is 0 Å². The number of hydrazone groups is 1. The Balaban J connectivity index is 1.59. The summed E-state index contributed by atoms with van der Waals surface area (Å²) in [5.41, 5.74) is 5.52. The third kappa shape index (κ3) is 7.04. The molecule has 0 aliphatic heterocycles. The summed E-state index contributed by atoms with van der Waals surface area (Å²) in [5, 5.41) is 6.87. The fourth-order valence-corrected chi connectivity index (χ4v) is 3.23. The zero-order chi connectivity index (χ0) is 23.5. The SMILES string of the molecule is CCCCCOc1ccc(C=NNC(=O)c2ccccc2NC(=O)c2ccccc2C)cc1. The molecular weight excluding hydrogens is 414 g/mol. The van der Waals surface area contributed by atoms with E-state index in [4.69, 9.17) is 4.74 Å². The fraction of sp³-hybridized carbons (Fsp3) is 0.222. The van der Waals surface area contributed by atoms with Crippen molar-refractivity contribution < 1.29 is 14.3 Å². The first-order valence-corrected chi connectivity index (χ1v) is 11.1. The van der Waals surface area contributed by atoms with Crippen LogP contribution in [0.3, 0.4) is 0 Å². The minimum atomic E-state index is -0.414. The van der Waals surface area contributed by atoms with Gasteiger partial charge in [-0.3, -0.25) is 9.59 Å². The summed E-state index contributed by atoms with van der Waals surface area (Å²) >= 11 is 0. The maximum absolute atomic E-state index is 12.7. The topological polar surface area (TPSA) is 79.8 Å². The maximum atomic E-state index is 12.7. The van der Waals surface area contributed by atoms with Gasteiger partial charge >= 0.3 is 0 Å². The summed E-state index contributed by atoms with van der Waals surface area (Å²) in [6, 6.07) is 21.6. The van der Waals surface area contributed by atoms with Gasteiger partial charge in [0.2, 0.25) is 0 Å². The molecule has 0 aliphatic rings. The number of benzene rings is 3. The van der Waals surface area contributed by atoms with Gasteiger partial charge in [0.1, 0.15) is 5.75 Å². The number of carbonyl (C=O) groups excluding carboxylic acids is 2. The van der Waals surface area contributed by atoms with Crippen molar-refractivity contribution in [1.82, 2.24) is 5.43 Å². The molecule has 170 valence electrons. The number of hydrogen-bond donors (Lipinski definition) is 2. The second-order valence-corrected chi connectivity index (χ2v) is 7.64. The fourth-order valence-electron chi connectivity index (χ4n) is 3.23. The molecule has 6 nitrogen and oxygen atoms in total. The Labute approximate surface area is 194 Å². The number of nitrogens with zero attached hydrogens (tertiary/aromatic N) is 1. The highest BCUT2D eigenvalue weighted by Crippen LogP contribution is 2.18. The van der Waals surface area contributed by atoms with E-state index in [1.165, 1.54) is 0 Å². The van der Waals surface area contributed by atoms with E-state index in [-0.39, 0.29) is 5.91 Å². The Kier molecular flexibility index (Phi) is 8.77. The van der Waals surface area contributed by atoms with Crippen LogP contribution >= 0.6 is 0 Å². The van der Waals surface area contributed by atoms with Crippen molar-refractivity contribution in [3.8, 4) is 5.75 Å². The second-order valence-electron chi connectivity index (χ2n) is 7.64. The molecule has 0 fully saturated rings. The highest BCUT2D eigenvalue weighted by molar-refractivity contribution is 6.09. The number of amides is 2. The van der Waals surface area contributed by atoms with E-state index in [0.29, 0.717) is 23.4 Å². The average Bonchev–Trinajstić information content (AvgIpc) is 2.83. The van der Waals surface area contributed by atoms with Gasteiger partial charge in [-0.25, -0.2) is 5.43 Å². The molecule has 6 heteroatoms. The molecule has 33 heavy (non-hydrogen) atoms. The third-order valence-corrected chi connectivity index (χ3v) is 5.09. The van der Waals surface area contributed by atoms with Crippen LogP contribution in [0.25, 0.3) is 0 Å². The summed E-state index contributed by atoms with van der Waals surface area (Å²) in [4.78, 5) is 25.3. The predicted molar refractivity (Wildman–Crippen MR) is 132 cm³/mol. The van der Waals surface area contributed by atoms with Crippen molar-refractivity contribution in [2.24, 2.45) is 5.10 Å². The number of hydrogen-bond acceptors (Lipinski definition) is 4. The molecule has 0 aliphatic carbocycles. The van der Waals surface area contributed by atoms with Crippen LogP contribution < -0.4 is 15.5 Å². The van der Waals surface area contributed by atoms with E-state index in [0.717, 1.165) is 36.1 Å². The zero-order valence-electron chi connectivity index (χ0n) is 19.0. The van der Waals surface area contributed by atoms with Gasteiger partial charge in [0.15, 0.2) is 0 Å². The molecule has 0 atom stereocenters. The first-order chi connectivity index (χ1) is 16.1. The third-order valence-electron chi connectivity index (χ3n) is 5.09. The first kappa shape index (κ1) is 23.7. The highest BCUT2D eigenvalue weighted by atomic mass is 16.5. The monoisotopic (exact) mass is 443 g/mol. The molecule has 3 rings (SSSR count). The molecule has 0 radical (unpaired) electrons. The number of rotatable bonds is 10. The smallest absolute Gasteiger partial charge is 0.273 e. The van der Waals surface area contributed by atoms with Gasteiger partial charge in [0, 0.05) is 5.56 Å². The first-order valence-electron chi connectivity index (χ1n) is 11.1. The molecule has 0 heterocycles. The van der Waals surface area contributed by atoms with E-state index >= 15 is 0 Å². The molecule has 3 aromatic rings. The summed E-state index contributed by atoms with van der Waals surface area (Å²) < 4.78 is 5.70. The van der Waals surface area contributed by atoms with Gasteiger partial charge in [-0.2, -0.15) is 5.10 Å². The lowest BCUT2D eigenvalue weighted by molar-refractivity contribution is 0.0956. The summed E-state index contributed by atoms with van der Waals surface area (Å²) in [6.45, 7) is 4.73. The van der Waals surface area contributed by atoms with E-state index < -0.39 is 5.91 Å². The molecule has 0 saturated carbocycles. The van der Waals surface area contributed by atoms with E-state index in [1.54, 1.807) is 42.6 Å². The molecule has 2 N–H and O–H groups in total. The summed E-state index contributed by atoms with van der Waals surface area (Å²) in [6.07, 6.45) is 4.92. The molecule has 0 spiro atoms. The zero-order valence-corrected chi connectivity index (χ0v) is 19.0. The van der Waals surface area contributed by atoms with Crippen LogP contribution in [0.4, 0.5) is 5.69 Å². The number of para-hydroxylation sites is 1. The van der Waals surface area contributed by atoms with Crippen LogP contribution in [0.15, 0.2) is 77.9 Å². The van der Waals surface area contributed by atoms with Crippen LogP contribution in [0.1, 0.15) is 58.0 Å². The van der Waals surface area contributed by atoms with Crippen LogP contribution in [-0.2, 0) is 0 Å². The van der Waals surface area contributed by atoms with Crippen LogP contribution in [0.2, 0.25) is 0 Å². The van der Waals surface area contributed by atoms with Crippen molar-refractivity contribution in [1.29, 1.82) is 0 Å². The average molecular weight is 444 g/mol. The standard InChI is InChI=1S/C27H29N3O3/c1-3-4-9-18-33-22-16-14-21(15-17-22)19-28-30-27(32)24-12-7-8-13-25(24)29-26(31)23-11-6-5-10-20(23)2/h5-8,10-17,19H,3-4,9,18H2,1-2H3,(H,29,31)(H,30,32). The normalized spacial score (nSPS) is 10.7. The molecular formula is C27H29N3O3. The Morgan fingerprint density at radius 3 is 2.30 bits per heavy atom. The maximum Gasteiger partial charge on any atom is 0.273 e. The Bertz CT molecular complexity index is 1110. The molecule has 0 bridgehead atoms. The van der Waals surface area contributed by atoms with Crippen molar-refractivity contribution in [2.75, 3.05) is 11.9 Å². The van der Waals surface area contributed by atoms with E-state index in [1.807, 2.05) is 43.3 Å². The Morgan fingerprint density at radius 2 is 1.58 bits per heavy atom. The Morgan fingerprint density at radius 1 is 0.879 bits per heavy atom. The number of carbonyl (C=O) groups is 2.